The molecule has 1 aromatic carbocycles. The van der Waals surface area contributed by atoms with E-state index in [1.165, 1.54) is 18.3 Å². The van der Waals surface area contributed by atoms with Crippen LogP contribution in [-0.4, -0.2) is 33.8 Å². The van der Waals surface area contributed by atoms with E-state index >= 15 is 0 Å². The van der Waals surface area contributed by atoms with Crippen LogP contribution in [0.25, 0.3) is 11.1 Å². The molecule has 128 valence electrons. The van der Waals surface area contributed by atoms with Crippen LogP contribution in [0.3, 0.4) is 0 Å². The molecule has 3 aromatic rings. The van der Waals surface area contributed by atoms with Gasteiger partial charge in [-0.15, -0.1) is 0 Å². The highest BCUT2D eigenvalue weighted by Crippen LogP contribution is 2.23. The van der Waals surface area contributed by atoms with E-state index in [4.69, 9.17) is 4.74 Å². The molecule has 0 saturated heterocycles. The summed E-state index contributed by atoms with van der Waals surface area (Å²) in [6.07, 6.45) is 5.11. The highest BCUT2D eigenvalue weighted by molar-refractivity contribution is 5.93. The molecule has 0 radical (unpaired) electrons. The standard InChI is InChI=1S/C18H18N4O3/c1-22-12-15(11-21-22)13-3-2-4-16(9-13)25-8-7-19-18(24)14-5-6-17(23)20-10-14/h2-6,9-12H,7-8H2,1H3,(H,19,24)(H,20,23). The van der Waals surface area contributed by atoms with Gasteiger partial charge in [0.2, 0.25) is 5.56 Å². The summed E-state index contributed by atoms with van der Waals surface area (Å²) in [6.45, 7) is 0.695. The van der Waals surface area contributed by atoms with E-state index in [1.54, 1.807) is 10.9 Å². The predicted molar refractivity (Wildman–Crippen MR) is 93.5 cm³/mol. The second kappa shape index (κ2) is 7.48. The molecule has 2 heterocycles. The first-order valence-electron chi connectivity index (χ1n) is 7.80. The van der Waals surface area contributed by atoms with Crippen molar-refractivity contribution in [3.8, 4) is 16.9 Å². The number of ether oxygens (including phenoxy) is 1. The Labute approximate surface area is 144 Å². The highest BCUT2D eigenvalue weighted by Gasteiger charge is 2.05. The normalized spacial score (nSPS) is 10.4. The van der Waals surface area contributed by atoms with Crippen molar-refractivity contribution in [3.05, 3.63) is 70.9 Å². The number of nitrogens with zero attached hydrogens (tertiary/aromatic N) is 2. The molecule has 2 aromatic heterocycles. The Balaban J connectivity index is 1.51. The molecule has 0 bridgehead atoms. The van der Waals surface area contributed by atoms with Gasteiger partial charge in [0.15, 0.2) is 0 Å². The van der Waals surface area contributed by atoms with Gasteiger partial charge < -0.3 is 15.0 Å². The number of pyridine rings is 1. The number of H-pyrrole nitrogens is 1. The van der Waals surface area contributed by atoms with E-state index in [0.29, 0.717) is 18.7 Å². The summed E-state index contributed by atoms with van der Waals surface area (Å²) in [5.74, 6) is 0.462. The third-order valence-electron chi connectivity index (χ3n) is 3.57. The summed E-state index contributed by atoms with van der Waals surface area (Å²) in [6, 6.07) is 10.5. The lowest BCUT2D eigenvalue weighted by Crippen LogP contribution is -2.28. The number of benzene rings is 1. The second-order valence-corrected chi connectivity index (χ2v) is 5.48. The van der Waals surface area contributed by atoms with Crippen LogP contribution in [-0.2, 0) is 7.05 Å². The number of hydrogen-bond acceptors (Lipinski definition) is 4. The number of nitrogens with one attached hydrogen (secondary N) is 2. The van der Waals surface area contributed by atoms with Gasteiger partial charge in [-0.2, -0.15) is 5.10 Å². The Kier molecular flexibility index (Phi) is 4.94. The molecule has 0 saturated carbocycles. The van der Waals surface area contributed by atoms with Crippen molar-refractivity contribution in [1.82, 2.24) is 20.1 Å². The first-order valence-corrected chi connectivity index (χ1v) is 7.80. The fraction of sp³-hybridized carbons (Fsp3) is 0.167. The molecular weight excluding hydrogens is 320 g/mol. The fourth-order valence-corrected chi connectivity index (χ4v) is 2.32. The zero-order valence-corrected chi connectivity index (χ0v) is 13.7. The molecule has 0 atom stereocenters. The van der Waals surface area contributed by atoms with Crippen molar-refractivity contribution < 1.29 is 9.53 Å². The van der Waals surface area contributed by atoms with Gasteiger partial charge in [0.1, 0.15) is 12.4 Å². The van der Waals surface area contributed by atoms with Gasteiger partial charge in [0.25, 0.3) is 5.91 Å². The molecule has 0 aliphatic heterocycles. The number of aromatic amines is 1. The van der Waals surface area contributed by atoms with Crippen molar-refractivity contribution in [1.29, 1.82) is 0 Å². The molecule has 0 aliphatic rings. The molecule has 7 heteroatoms. The van der Waals surface area contributed by atoms with E-state index in [0.717, 1.165) is 16.9 Å². The van der Waals surface area contributed by atoms with E-state index in [-0.39, 0.29) is 11.5 Å². The maximum Gasteiger partial charge on any atom is 0.252 e. The third-order valence-corrected chi connectivity index (χ3v) is 3.57. The zero-order valence-electron chi connectivity index (χ0n) is 13.7. The molecule has 3 rings (SSSR count). The van der Waals surface area contributed by atoms with E-state index in [2.05, 4.69) is 15.4 Å². The monoisotopic (exact) mass is 338 g/mol. The lowest BCUT2D eigenvalue weighted by molar-refractivity contribution is 0.0946. The third kappa shape index (κ3) is 4.35. The van der Waals surface area contributed by atoms with Gasteiger partial charge in [-0.3, -0.25) is 14.3 Å². The second-order valence-electron chi connectivity index (χ2n) is 5.48. The van der Waals surface area contributed by atoms with Gasteiger partial charge >= 0.3 is 0 Å². The molecule has 1 amide bonds. The van der Waals surface area contributed by atoms with Gasteiger partial charge in [0, 0.05) is 31.1 Å². The summed E-state index contributed by atoms with van der Waals surface area (Å²) in [5, 5.41) is 6.90. The SMILES string of the molecule is Cn1cc(-c2cccc(OCCNC(=O)c3ccc(=O)[nH]c3)c2)cn1. The lowest BCUT2D eigenvalue weighted by Gasteiger charge is -2.09. The maximum atomic E-state index is 11.9. The Morgan fingerprint density at radius 1 is 1.28 bits per heavy atom. The molecule has 7 nitrogen and oxygen atoms in total. The van der Waals surface area contributed by atoms with Crippen LogP contribution >= 0.6 is 0 Å². The lowest BCUT2D eigenvalue weighted by atomic mass is 10.1. The van der Waals surface area contributed by atoms with Gasteiger partial charge in [-0.05, 0) is 23.8 Å². The topological polar surface area (TPSA) is 89.0 Å². The number of rotatable bonds is 6. The molecule has 25 heavy (non-hydrogen) atoms. The zero-order chi connectivity index (χ0) is 17.6. The fourth-order valence-electron chi connectivity index (χ4n) is 2.32. The van der Waals surface area contributed by atoms with Crippen LogP contribution in [0.4, 0.5) is 0 Å². The summed E-state index contributed by atoms with van der Waals surface area (Å²) >= 11 is 0. The van der Waals surface area contributed by atoms with Gasteiger partial charge in [0.05, 0.1) is 18.3 Å². The minimum atomic E-state index is -0.260. The highest BCUT2D eigenvalue weighted by atomic mass is 16.5. The van der Waals surface area contributed by atoms with Crippen LogP contribution in [0.2, 0.25) is 0 Å². The van der Waals surface area contributed by atoms with Gasteiger partial charge in [-0.1, -0.05) is 12.1 Å². The molecular formula is C18H18N4O3. The number of carbonyl (C=O) groups is 1. The number of carbonyl (C=O) groups excluding carboxylic acids is 1. The Hall–Kier alpha value is -3.35. The minimum Gasteiger partial charge on any atom is -0.492 e. The molecule has 2 N–H and O–H groups in total. The van der Waals surface area contributed by atoms with Gasteiger partial charge in [-0.25, -0.2) is 0 Å². The first-order chi connectivity index (χ1) is 12.1. The molecule has 0 fully saturated rings. The average molecular weight is 338 g/mol. The largest absolute Gasteiger partial charge is 0.492 e. The maximum absolute atomic E-state index is 11.9. The minimum absolute atomic E-state index is 0.242. The molecule has 0 unspecified atom stereocenters. The Morgan fingerprint density at radius 3 is 2.88 bits per heavy atom. The number of aryl methyl sites for hydroxylation is 1. The smallest absolute Gasteiger partial charge is 0.252 e. The van der Waals surface area contributed by atoms with Crippen molar-refractivity contribution in [3.63, 3.8) is 0 Å². The number of amides is 1. The van der Waals surface area contributed by atoms with Crippen LogP contribution in [0, 0.1) is 0 Å². The van der Waals surface area contributed by atoms with E-state index < -0.39 is 0 Å². The predicted octanol–water partition coefficient (Wildman–Crippen LogP) is 1.58. The van der Waals surface area contributed by atoms with Crippen LogP contribution in [0.5, 0.6) is 5.75 Å². The van der Waals surface area contributed by atoms with Crippen LogP contribution in [0.1, 0.15) is 10.4 Å². The number of hydrogen-bond donors (Lipinski definition) is 2. The molecule has 0 aliphatic carbocycles. The van der Waals surface area contributed by atoms with E-state index in [9.17, 15) is 9.59 Å². The molecule has 0 spiro atoms. The quantitative estimate of drug-likeness (QED) is 0.668. The summed E-state index contributed by atoms with van der Waals surface area (Å²) in [5.41, 5.74) is 2.19. The summed E-state index contributed by atoms with van der Waals surface area (Å²) in [4.78, 5) is 25.4. The average Bonchev–Trinajstić information content (AvgIpc) is 3.06. The Bertz CT molecular complexity index is 909. The Morgan fingerprint density at radius 2 is 2.16 bits per heavy atom. The van der Waals surface area contributed by atoms with Crippen molar-refractivity contribution in [2.24, 2.45) is 7.05 Å². The van der Waals surface area contributed by atoms with Crippen molar-refractivity contribution in [2.75, 3.05) is 13.2 Å². The van der Waals surface area contributed by atoms with E-state index in [1.807, 2.05) is 37.5 Å². The summed E-state index contributed by atoms with van der Waals surface area (Å²) < 4.78 is 7.43. The summed E-state index contributed by atoms with van der Waals surface area (Å²) in [7, 11) is 1.87. The first kappa shape index (κ1) is 16.5. The van der Waals surface area contributed by atoms with Crippen molar-refractivity contribution >= 4 is 5.91 Å². The number of aromatic nitrogens is 3. The van der Waals surface area contributed by atoms with Crippen LogP contribution < -0.4 is 15.6 Å². The van der Waals surface area contributed by atoms with Crippen molar-refractivity contribution in [2.45, 2.75) is 0 Å². The van der Waals surface area contributed by atoms with Crippen LogP contribution in [0.15, 0.2) is 59.8 Å².